The van der Waals surface area contributed by atoms with Gasteiger partial charge in [0.1, 0.15) is 6.61 Å². The molecule has 0 atom stereocenters. The molecule has 0 unspecified atom stereocenters. The summed E-state index contributed by atoms with van der Waals surface area (Å²) < 4.78 is 5.42. The maximum absolute atomic E-state index is 5.01. The number of hydrogen-bond acceptors (Lipinski definition) is 3. The molecule has 3 nitrogen and oxygen atoms in total. The highest BCUT2D eigenvalue weighted by molar-refractivity contribution is 8.00. The summed E-state index contributed by atoms with van der Waals surface area (Å²) in [6.07, 6.45) is 5.84. The zero-order chi connectivity index (χ0) is 8.53. The van der Waals surface area contributed by atoms with E-state index in [4.69, 9.17) is 11.2 Å². The van der Waals surface area contributed by atoms with Crippen molar-refractivity contribution in [2.75, 3.05) is 19.8 Å². The predicted molar refractivity (Wildman–Crippen MR) is 58.2 cm³/mol. The standard InChI is InChI=1S/C7H11NOS2.H3N/c1-2-5-9-6-3-4-8-7(10)11;/h1H,3-6H2,(H2,8,10,11);1H3. The fourth-order valence-corrected chi connectivity index (χ4v) is 0.700. The lowest BCUT2D eigenvalue weighted by molar-refractivity contribution is 0.165. The molecule has 12 heavy (non-hydrogen) atoms. The van der Waals surface area contributed by atoms with E-state index in [0.29, 0.717) is 17.5 Å². The summed E-state index contributed by atoms with van der Waals surface area (Å²) in [6.45, 7) is 1.78. The van der Waals surface area contributed by atoms with Crippen LogP contribution in [0.4, 0.5) is 0 Å². The molecule has 0 saturated carbocycles. The van der Waals surface area contributed by atoms with Crippen molar-refractivity contribution in [1.82, 2.24) is 11.5 Å². The van der Waals surface area contributed by atoms with E-state index in [1.807, 2.05) is 0 Å². The normalized spacial score (nSPS) is 7.92. The highest BCUT2D eigenvalue weighted by atomic mass is 32.1. The van der Waals surface area contributed by atoms with Gasteiger partial charge < -0.3 is 41.1 Å². The molecule has 0 aromatic heterocycles. The summed E-state index contributed by atoms with van der Waals surface area (Å²) in [6, 6.07) is 0. The molecule has 5 N–H and O–H groups in total. The molecule has 70 valence electrons. The molecule has 0 aromatic carbocycles. The van der Waals surface area contributed by atoms with Crippen LogP contribution in [-0.2, 0) is 17.4 Å². The third kappa shape index (κ3) is 12.3. The van der Waals surface area contributed by atoms with Crippen LogP contribution in [0.2, 0.25) is 0 Å². The van der Waals surface area contributed by atoms with Gasteiger partial charge in [-0.2, -0.15) is 0 Å². The Bertz CT molecular complexity index is 156. The van der Waals surface area contributed by atoms with Crippen molar-refractivity contribution in [3.05, 3.63) is 0 Å². The van der Waals surface area contributed by atoms with Gasteiger partial charge in [0.15, 0.2) is 0 Å². The second-order valence-corrected chi connectivity index (χ2v) is 2.90. The monoisotopic (exact) mass is 206 g/mol. The van der Waals surface area contributed by atoms with Crippen LogP contribution in [0.15, 0.2) is 0 Å². The van der Waals surface area contributed by atoms with Crippen molar-refractivity contribution in [1.29, 1.82) is 0 Å². The van der Waals surface area contributed by atoms with Crippen molar-refractivity contribution >= 4 is 29.2 Å². The van der Waals surface area contributed by atoms with Crippen molar-refractivity contribution in [3.63, 3.8) is 0 Å². The van der Waals surface area contributed by atoms with E-state index >= 15 is 0 Å². The van der Waals surface area contributed by atoms with E-state index < -0.39 is 0 Å². The van der Waals surface area contributed by atoms with Gasteiger partial charge in [-0.05, 0) is 6.42 Å². The lowest BCUT2D eigenvalue weighted by Crippen LogP contribution is -2.21. The van der Waals surface area contributed by atoms with E-state index in [1.54, 1.807) is 0 Å². The minimum absolute atomic E-state index is 0. The smallest absolute Gasteiger partial charge is 0.107 e. The first kappa shape index (κ1) is 14.1. The quantitative estimate of drug-likeness (QED) is 0.303. The first-order valence-corrected chi connectivity index (χ1v) is 4.05. The summed E-state index contributed by atoms with van der Waals surface area (Å²) in [5, 5.41) is 2.84. The second-order valence-electron chi connectivity index (χ2n) is 1.82. The van der Waals surface area contributed by atoms with E-state index in [9.17, 15) is 0 Å². The van der Waals surface area contributed by atoms with Gasteiger partial charge in [-0.3, -0.25) is 0 Å². The molecule has 0 bridgehead atoms. The maximum Gasteiger partial charge on any atom is 0.107 e. The van der Waals surface area contributed by atoms with Gasteiger partial charge in [-0.1, -0.05) is 10.2 Å². The number of ether oxygens (including phenoxy) is 1. The SMILES string of the molecule is C#CCOCCCNC(=S)[S-].[NH4+]. The summed E-state index contributed by atoms with van der Waals surface area (Å²) in [7, 11) is 0. The number of thiocarbonyl (C=S) groups is 1. The van der Waals surface area contributed by atoms with Gasteiger partial charge in [0.2, 0.25) is 0 Å². The Hall–Kier alpha value is -0.410. The Morgan fingerprint density at radius 3 is 2.83 bits per heavy atom. The Kier molecular flexibility index (Phi) is 12.5. The topological polar surface area (TPSA) is 57.8 Å². The van der Waals surface area contributed by atoms with Gasteiger partial charge in [0.05, 0.1) is 0 Å². The Labute approximate surface area is 84.2 Å². The van der Waals surface area contributed by atoms with E-state index in [0.717, 1.165) is 13.0 Å². The average Bonchev–Trinajstić information content (AvgIpc) is 1.96. The van der Waals surface area contributed by atoms with Gasteiger partial charge in [-0.15, -0.1) is 6.42 Å². The molecular formula is C7H14N2OS2. The molecule has 0 fully saturated rings. The fourth-order valence-electron chi connectivity index (χ4n) is 0.496. The van der Waals surface area contributed by atoms with Crippen LogP contribution in [0.5, 0.6) is 0 Å². The first-order chi connectivity index (χ1) is 5.27. The van der Waals surface area contributed by atoms with E-state index in [-0.39, 0.29) is 6.15 Å². The lowest BCUT2D eigenvalue weighted by Gasteiger charge is -2.08. The van der Waals surface area contributed by atoms with E-state index in [1.165, 1.54) is 0 Å². The van der Waals surface area contributed by atoms with Crippen LogP contribution in [0.1, 0.15) is 6.42 Å². The summed E-state index contributed by atoms with van der Waals surface area (Å²) in [5.74, 6) is 2.38. The van der Waals surface area contributed by atoms with Crippen molar-refractivity contribution in [3.8, 4) is 12.3 Å². The Morgan fingerprint density at radius 2 is 2.33 bits per heavy atom. The molecule has 0 spiro atoms. The molecular weight excluding hydrogens is 192 g/mol. The van der Waals surface area contributed by atoms with Crippen molar-refractivity contribution < 1.29 is 4.74 Å². The van der Waals surface area contributed by atoms with Crippen LogP contribution >= 0.6 is 12.2 Å². The minimum Gasteiger partial charge on any atom is -0.412 e. The molecule has 0 aliphatic rings. The fraction of sp³-hybridized carbons (Fsp3) is 0.571. The maximum atomic E-state index is 5.01. The Balaban J connectivity index is 0. The van der Waals surface area contributed by atoms with Crippen molar-refractivity contribution in [2.24, 2.45) is 0 Å². The molecule has 0 heterocycles. The summed E-state index contributed by atoms with van der Waals surface area (Å²) in [4.78, 5) is 0. The third-order valence-corrected chi connectivity index (χ3v) is 1.21. The third-order valence-electron chi connectivity index (χ3n) is 0.920. The second kappa shape index (κ2) is 10.6. The molecule has 5 heteroatoms. The molecule has 0 aromatic rings. The number of hydrogen-bond donors (Lipinski definition) is 2. The van der Waals surface area contributed by atoms with Gasteiger partial charge >= 0.3 is 0 Å². The van der Waals surface area contributed by atoms with Gasteiger partial charge in [0.25, 0.3) is 0 Å². The zero-order valence-corrected chi connectivity index (χ0v) is 8.76. The summed E-state index contributed by atoms with van der Waals surface area (Å²) in [5.41, 5.74) is 0. The van der Waals surface area contributed by atoms with Crippen molar-refractivity contribution in [2.45, 2.75) is 6.42 Å². The molecule has 0 aliphatic carbocycles. The predicted octanol–water partition coefficient (Wildman–Crippen LogP) is 0.824. The van der Waals surface area contributed by atoms with Crippen LogP contribution in [-0.4, -0.2) is 24.1 Å². The first-order valence-electron chi connectivity index (χ1n) is 3.23. The van der Waals surface area contributed by atoms with Gasteiger partial charge in [-0.25, -0.2) is 0 Å². The average molecular weight is 206 g/mol. The number of quaternary nitrogens is 1. The molecule has 0 radical (unpaired) electrons. The largest absolute Gasteiger partial charge is 0.412 e. The van der Waals surface area contributed by atoms with E-state index in [2.05, 4.69) is 36.1 Å². The number of terminal acetylenes is 1. The van der Waals surface area contributed by atoms with Gasteiger partial charge in [0, 0.05) is 13.2 Å². The zero-order valence-electron chi connectivity index (χ0n) is 7.13. The van der Waals surface area contributed by atoms with Crippen LogP contribution in [0.25, 0.3) is 0 Å². The van der Waals surface area contributed by atoms with Crippen LogP contribution in [0.3, 0.4) is 0 Å². The Morgan fingerprint density at radius 1 is 1.67 bits per heavy atom. The number of rotatable bonds is 5. The highest BCUT2D eigenvalue weighted by Gasteiger charge is 1.84. The molecule has 0 aliphatic heterocycles. The minimum atomic E-state index is 0. The summed E-state index contributed by atoms with van der Waals surface area (Å²) >= 11 is 9.25. The molecule has 0 amide bonds. The molecule has 0 saturated heterocycles. The number of nitrogens with one attached hydrogen (secondary N) is 1. The van der Waals surface area contributed by atoms with Crippen LogP contribution < -0.4 is 11.5 Å². The highest BCUT2D eigenvalue weighted by Crippen LogP contribution is 1.79. The molecule has 0 rings (SSSR count). The lowest BCUT2D eigenvalue weighted by atomic mass is 10.4. The van der Waals surface area contributed by atoms with Crippen LogP contribution in [0, 0.1) is 12.3 Å².